The number of allylic oxidation sites excluding steroid dienone is 1. The second kappa shape index (κ2) is 7.29. The standard InChI is InChI=1S/C19H23N3O4/c1-26-17-9-10-19(22(24)25,11-16(17)14-5-3-2-4-6-14)13-21-15(12-20)7-8-18(21)23/h2-6,9-10,15H,7-8,11-13,20H2,1H3/t15-,19?/m0/s1. The van der Waals surface area contributed by atoms with Crippen molar-refractivity contribution in [2.24, 2.45) is 5.73 Å². The highest BCUT2D eigenvalue weighted by Crippen LogP contribution is 2.37. The van der Waals surface area contributed by atoms with E-state index < -0.39 is 5.54 Å². The number of carbonyl (C=O) groups is 1. The molecule has 1 aliphatic heterocycles. The van der Waals surface area contributed by atoms with Crippen molar-refractivity contribution in [2.75, 3.05) is 20.2 Å². The third-order valence-electron chi connectivity index (χ3n) is 5.20. The molecule has 2 N–H and O–H groups in total. The number of rotatable bonds is 6. The summed E-state index contributed by atoms with van der Waals surface area (Å²) in [6.07, 6.45) is 4.40. The van der Waals surface area contributed by atoms with Crippen molar-refractivity contribution < 1.29 is 14.5 Å². The van der Waals surface area contributed by atoms with Crippen LogP contribution in [0.5, 0.6) is 0 Å². The summed E-state index contributed by atoms with van der Waals surface area (Å²) in [4.78, 5) is 25.6. The molecule has 1 fully saturated rings. The first-order valence-electron chi connectivity index (χ1n) is 8.66. The predicted molar refractivity (Wildman–Crippen MR) is 97.6 cm³/mol. The van der Waals surface area contributed by atoms with Crippen LogP contribution in [-0.4, -0.2) is 47.5 Å². The molecule has 7 heteroatoms. The second-order valence-electron chi connectivity index (χ2n) is 6.73. The molecule has 0 aromatic heterocycles. The van der Waals surface area contributed by atoms with Crippen LogP contribution in [0.4, 0.5) is 0 Å². The number of benzene rings is 1. The Hall–Kier alpha value is -2.67. The van der Waals surface area contributed by atoms with Crippen molar-refractivity contribution in [3.05, 3.63) is 63.9 Å². The SMILES string of the molecule is COC1=C(c2ccccc2)CC(CN2C(=O)CC[C@H]2CN)([N+](=O)[O-])C=C1. The highest BCUT2D eigenvalue weighted by atomic mass is 16.6. The molecule has 1 unspecified atom stereocenters. The molecule has 7 nitrogen and oxygen atoms in total. The van der Waals surface area contributed by atoms with Gasteiger partial charge in [-0.05, 0) is 24.1 Å². The number of carbonyl (C=O) groups excluding carboxylic acids is 1. The Morgan fingerprint density at radius 1 is 1.38 bits per heavy atom. The van der Waals surface area contributed by atoms with Crippen LogP contribution in [0.3, 0.4) is 0 Å². The predicted octanol–water partition coefficient (Wildman–Crippen LogP) is 1.97. The van der Waals surface area contributed by atoms with Gasteiger partial charge in [0.2, 0.25) is 5.91 Å². The fraction of sp³-hybridized carbons (Fsp3) is 0.421. The third-order valence-corrected chi connectivity index (χ3v) is 5.20. The zero-order valence-electron chi connectivity index (χ0n) is 14.8. The maximum absolute atomic E-state index is 12.2. The van der Waals surface area contributed by atoms with Crippen LogP contribution >= 0.6 is 0 Å². The Kier molecular flexibility index (Phi) is 5.08. The summed E-state index contributed by atoms with van der Waals surface area (Å²) in [7, 11) is 1.55. The molecular formula is C19H23N3O4. The molecule has 0 saturated carbocycles. The van der Waals surface area contributed by atoms with E-state index in [2.05, 4.69) is 0 Å². The van der Waals surface area contributed by atoms with E-state index in [1.165, 1.54) is 0 Å². The quantitative estimate of drug-likeness (QED) is 0.620. The molecule has 1 aliphatic carbocycles. The fourth-order valence-corrected chi connectivity index (χ4v) is 3.70. The minimum atomic E-state index is -1.39. The van der Waals surface area contributed by atoms with E-state index in [-0.39, 0.29) is 29.8 Å². The van der Waals surface area contributed by atoms with Crippen molar-refractivity contribution in [3.8, 4) is 0 Å². The summed E-state index contributed by atoms with van der Waals surface area (Å²) < 4.78 is 5.43. The first-order valence-corrected chi connectivity index (χ1v) is 8.66. The number of likely N-dealkylation sites (tertiary alicyclic amines) is 1. The summed E-state index contributed by atoms with van der Waals surface area (Å²) in [5.74, 6) is 0.537. The van der Waals surface area contributed by atoms with Gasteiger partial charge in [0.1, 0.15) is 5.76 Å². The normalized spacial score (nSPS) is 25.7. The van der Waals surface area contributed by atoms with Crippen LogP contribution in [-0.2, 0) is 9.53 Å². The highest BCUT2D eigenvalue weighted by Gasteiger charge is 2.48. The number of nitro groups is 1. The number of nitrogens with two attached hydrogens (primary N) is 1. The maximum atomic E-state index is 12.2. The van der Waals surface area contributed by atoms with Gasteiger partial charge in [0.15, 0.2) is 0 Å². The average Bonchev–Trinajstić information content (AvgIpc) is 3.01. The summed E-state index contributed by atoms with van der Waals surface area (Å²) >= 11 is 0. The monoisotopic (exact) mass is 357 g/mol. The van der Waals surface area contributed by atoms with Crippen molar-refractivity contribution in [2.45, 2.75) is 30.8 Å². The first-order chi connectivity index (χ1) is 12.5. The zero-order chi connectivity index (χ0) is 18.7. The molecular weight excluding hydrogens is 334 g/mol. The number of amides is 1. The van der Waals surface area contributed by atoms with Crippen LogP contribution in [0.2, 0.25) is 0 Å². The Morgan fingerprint density at radius 3 is 2.73 bits per heavy atom. The van der Waals surface area contributed by atoms with Gasteiger partial charge < -0.3 is 15.4 Å². The lowest BCUT2D eigenvalue weighted by atomic mass is 9.82. The van der Waals surface area contributed by atoms with Gasteiger partial charge in [0.05, 0.1) is 20.1 Å². The molecule has 26 heavy (non-hydrogen) atoms. The smallest absolute Gasteiger partial charge is 0.262 e. The molecule has 1 amide bonds. The summed E-state index contributed by atoms with van der Waals surface area (Å²) in [5, 5.41) is 12.1. The van der Waals surface area contributed by atoms with E-state index in [0.29, 0.717) is 25.1 Å². The van der Waals surface area contributed by atoms with Crippen molar-refractivity contribution in [1.29, 1.82) is 0 Å². The van der Waals surface area contributed by atoms with Crippen LogP contribution in [0.15, 0.2) is 48.2 Å². The zero-order valence-corrected chi connectivity index (χ0v) is 14.8. The molecule has 0 spiro atoms. The Balaban J connectivity index is 1.96. The van der Waals surface area contributed by atoms with Gasteiger partial charge in [-0.25, -0.2) is 0 Å². The third kappa shape index (κ3) is 3.22. The van der Waals surface area contributed by atoms with E-state index in [4.69, 9.17) is 10.5 Å². The number of methoxy groups -OCH3 is 1. The van der Waals surface area contributed by atoms with Crippen molar-refractivity contribution in [3.63, 3.8) is 0 Å². The maximum Gasteiger partial charge on any atom is 0.262 e. The van der Waals surface area contributed by atoms with E-state index >= 15 is 0 Å². The van der Waals surface area contributed by atoms with Crippen LogP contribution in [0.1, 0.15) is 24.8 Å². The first kappa shape index (κ1) is 18.1. The second-order valence-corrected chi connectivity index (χ2v) is 6.73. The molecule has 0 bridgehead atoms. The summed E-state index contributed by atoms with van der Waals surface area (Å²) in [6, 6.07) is 9.33. The van der Waals surface area contributed by atoms with E-state index in [0.717, 1.165) is 11.1 Å². The van der Waals surface area contributed by atoms with Crippen LogP contribution < -0.4 is 5.73 Å². The number of hydrogen-bond donors (Lipinski definition) is 1. The molecule has 1 saturated heterocycles. The van der Waals surface area contributed by atoms with Gasteiger partial charge in [0, 0.05) is 29.5 Å². The Morgan fingerprint density at radius 2 is 2.12 bits per heavy atom. The molecule has 3 rings (SSSR count). The molecule has 1 heterocycles. The molecule has 1 aromatic carbocycles. The van der Waals surface area contributed by atoms with E-state index in [1.807, 2.05) is 30.3 Å². The number of ether oxygens (including phenoxy) is 1. The van der Waals surface area contributed by atoms with Gasteiger partial charge in [-0.1, -0.05) is 30.3 Å². The average molecular weight is 357 g/mol. The lowest BCUT2D eigenvalue weighted by molar-refractivity contribution is -0.554. The highest BCUT2D eigenvalue weighted by molar-refractivity contribution is 5.79. The number of hydrogen-bond acceptors (Lipinski definition) is 5. The fourth-order valence-electron chi connectivity index (χ4n) is 3.70. The topological polar surface area (TPSA) is 98.7 Å². The Labute approximate surface area is 152 Å². The molecule has 2 atom stereocenters. The molecule has 138 valence electrons. The summed E-state index contributed by atoms with van der Waals surface area (Å²) in [5.41, 5.74) is 6.02. The lowest BCUT2D eigenvalue weighted by Gasteiger charge is -2.33. The van der Waals surface area contributed by atoms with Crippen LogP contribution in [0, 0.1) is 10.1 Å². The minimum absolute atomic E-state index is 0.0184. The molecule has 2 aliphatic rings. The van der Waals surface area contributed by atoms with E-state index in [1.54, 1.807) is 24.2 Å². The van der Waals surface area contributed by atoms with Crippen molar-refractivity contribution >= 4 is 11.5 Å². The minimum Gasteiger partial charge on any atom is -0.496 e. The van der Waals surface area contributed by atoms with Crippen LogP contribution in [0.25, 0.3) is 5.57 Å². The lowest BCUT2D eigenvalue weighted by Crippen LogP contribution is -2.52. The summed E-state index contributed by atoms with van der Waals surface area (Å²) in [6.45, 7) is 0.332. The number of nitrogens with zero attached hydrogens (tertiary/aromatic N) is 2. The van der Waals surface area contributed by atoms with Gasteiger partial charge in [-0.3, -0.25) is 14.9 Å². The van der Waals surface area contributed by atoms with Gasteiger partial charge in [0.25, 0.3) is 5.54 Å². The molecule has 1 aromatic rings. The van der Waals surface area contributed by atoms with Gasteiger partial charge in [-0.15, -0.1) is 0 Å². The van der Waals surface area contributed by atoms with Gasteiger partial charge in [-0.2, -0.15) is 0 Å². The Bertz CT molecular complexity index is 759. The van der Waals surface area contributed by atoms with Crippen molar-refractivity contribution in [1.82, 2.24) is 4.90 Å². The van der Waals surface area contributed by atoms with Gasteiger partial charge >= 0.3 is 0 Å². The van der Waals surface area contributed by atoms with E-state index in [9.17, 15) is 14.9 Å². The largest absolute Gasteiger partial charge is 0.496 e. The molecule has 0 radical (unpaired) electrons.